The van der Waals surface area contributed by atoms with Crippen LogP contribution >= 0.6 is 0 Å². The molecule has 8 nitrogen and oxygen atoms in total. The third kappa shape index (κ3) is 5.39. The second-order valence-electron chi connectivity index (χ2n) is 11.4. The Morgan fingerprint density at radius 1 is 1.02 bits per heavy atom. The molecule has 0 radical (unpaired) electrons. The zero-order valence-corrected chi connectivity index (χ0v) is 23.8. The normalized spacial score (nSPS) is 19.2. The Kier molecular flexibility index (Phi) is 7.41. The number of aliphatic hydroxyl groups is 1. The quantitative estimate of drug-likeness (QED) is 0.230. The molecule has 2 aromatic carbocycles. The third-order valence-corrected chi connectivity index (χ3v) is 8.45. The van der Waals surface area contributed by atoms with Crippen molar-refractivity contribution in [3.05, 3.63) is 88.7 Å². The molecule has 246 valence electrons. The minimum Gasteiger partial charge on any atom is -0.489 e. The number of fused-ring (bicyclic) bond motifs is 2. The van der Waals surface area contributed by atoms with Crippen LogP contribution in [0.2, 0.25) is 0 Å². The summed E-state index contributed by atoms with van der Waals surface area (Å²) in [4.78, 5) is 33.3. The lowest BCUT2D eigenvalue weighted by atomic mass is 9.76. The first kappa shape index (κ1) is 32.1. The van der Waals surface area contributed by atoms with E-state index >= 15 is 0 Å². The molecule has 1 saturated carbocycles. The molecule has 4 N–H and O–H groups in total. The molecule has 47 heavy (non-hydrogen) atoms. The van der Waals surface area contributed by atoms with Crippen molar-refractivity contribution in [2.24, 2.45) is 11.7 Å². The van der Waals surface area contributed by atoms with Crippen LogP contribution in [0.1, 0.15) is 40.0 Å². The lowest BCUT2D eigenvalue weighted by Gasteiger charge is -2.32. The van der Waals surface area contributed by atoms with Gasteiger partial charge in [0.1, 0.15) is 40.6 Å². The Bertz CT molecular complexity index is 1930. The smallest absolute Gasteiger partial charge is 0.424 e. The third-order valence-electron chi connectivity index (χ3n) is 8.45. The van der Waals surface area contributed by atoms with E-state index in [4.69, 9.17) is 10.5 Å². The maximum Gasteiger partial charge on any atom is 0.424 e. The molecule has 3 heterocycles. The molecule has 1 aliphatic heterocycles. The van der Waals surface area contributed by atoms with Gasteiger partial charge in [-0.3, -0.25) is 14.6 Å². The van der Waals surface area contributed by atoms with E-state index in [-0.39, 0.29) is 35.1 Å². The first-order chi connectivity index (χ1) is 22.0. The highest BCUT2D eigenvalue weighted by atomic mass is 19.4. The summed E-state index contributed by atoms with van der Waals surface area (Å²) in [6, 6.07) is 7.15. The monoisotopic (exact) mass is 666 g/mol. The van der Waals surface area contributed by atoms with Gasteiger partial charge in [0, 0.05) is 28.3 Å². The van der Waals surface area contributed by atoms with Gasteiger partial charge in [-0.1, -0.05) is 0 Å². The van der Waals surface area contributed by atoms with E-state index in [1.165, 1.54) is 12.1 Å². The van der Waals surface area contributed by atoms with Crippen molar-refractivity contribution in [1.82, 2.24) is 15.3 Å². The van der Waals surface area contributed by atoms with Gasteiger partial charge >= 0.3 is 12.4 Å². The molecule has 2 atom stereocenters. The molecule has 16 heteroatoms. The molecule has 4 aromatic rings. The molecule has 6 rings (SSSR count). The van der Waals surface area contributed by atoms with Crippen molar-refractivity contribution in [3.8, 4) is 17.0 Å². The minimum atomic E-state index is -5.53. The molecule has 2 aromatic heterocycles. The zero-order valence-electron chi connectivity index (χ0n) is 23.8. The molecule has 0 unspecified atom stereocenters. The van der Waals surface area contributed by atoms with Crippen LogP contribution in [0.5, 0.6) is 5.75 Å². The van der Waals surface area contributed by atoms with Gasteiger partial charge in [0.2, 0.25) is 11.5 Å². The van der Waals surface area contributed by atoms with Gasteiger partial charge in [0.25, 0.3) is 5.91 Å². The van der Waals surface area contributed by atoms with Crippen LogP contribution in [-0.2, 0) is 22.0 Å². The number of alkyl halides is 6. The first-order valence-corrected chi connectivity index (χ1v) is 13.9. The van der Waals surface area contributed by atoms with Crippen molar-refractivity contribution in [2.75, 3.05) is 13.2 Å². The Labute approximate surface area is 259 Å². The summed E-state index contributed by atoms with van der Waals surface area (Å²) < 4.78 is 118. The number of primary amides is 1. The predicted molar refractivity (Wildman–Crippen MR) is 148 cm³/mol. The minimum absolute atomic E-state index is 0.0737. The highest BCUT2D eigenvalue weighted by Crippen LogP contribution is 2.56. The number of aromatic nitrogens is 2. The average Bonchev–Trinajstić information content (AvgIpc) is 3.78. The number of carbonyl (C=O) groups is 2. The molecule has 1 aliphatic carbocycles. The lowest BCUT2D eigenvalue weighted by molar-refractivity contribution is -0.265. The number of hydrogen-bond donors (Lipinski definition) is 3. The number of nitrogens with one attached hydrogen (secondary N) is 1. The fraction of sp³-hybridized carbons (Fsp3) is 0.290. The number of benzene rings is 2. The van der Waals surface area contributed by atoms with Crippen molar-refractivity contribution in [2.45, 2.75) is 36.2 Å². The Balaban J connectivity index is 1.43. The van der Waals surface area contributed by atoms with Gasteiger partial charge in [0.15, 0.2) is 0 Å². The molecule has 0 saturated heterocycles. The van der Waals surface area contributed by atoms with E-state index in [0.717, 1.165) is 24.3 Å². The van der Waals surface area contributed by atoms with Crippen molar-refractivity contribution in [1.29, 1.82) is 0 Å². The number of rotatable bonds is 7. The van der Waals surface area contributed by atoms with Gasteiger partial charge < -0.3 is 20.9 Å². The summed E-state index contributed by atoms with van der Waals surface area (Å²) in [7, 11) is 0. The van der Waals surface area contributed by atoms with Gasteiger partial charge in [0.05, 0.1) is 17.8 Å². The highest BCUT2D eigenvalue weighted by molar-refractivity contribution is 5.98. The maximum atomic E-state index is 14.7. The summed E-state index contributed by atoms with van der Waals surface area (Å²) in [5, 5.41) is 12.7. The first-order valence-electron chi connectivity index (χ1n) is 13.9. The topological polar surface area (TPSA) is 127 Å². The number of hydrogen-bond acceptors (Lipinski definition) is 6. The number of nitrogens with two attached hydrogens (primary N) is 1. The second kappa shape index (κ2) is 10.9. The standard InChI is InChI=1S/C31H22F8N4O4/c32-19-5-1-14(2-6-19)24-25-20(28(13-47-25,27(40)45)17-3-4-17)10-22(43-24)29(46,31(37,38)39)12-42-26(44)16-7-15-8-18(30(34,35)36)11-41-23(15)21(33)9-16/h1-2,5-11,17,46H,3-4,12-13H2,(H2,40,45)(H,42,44)/t28-,29-/m0/s1. The van der Waals surface area contributed by atoms with E-state index in [2.05, 4.69) is 9.97 Å². The lowest BCUT2D eigenvalue weighted by Crippen LogP contribution is -2.52. The van der Waals surface area contributed by atoms with Crippen LogP contribution in [0.25, 0.3) is 22.2 Å². The van der Waals surface area contributed by atoms with Gasteiger partial charge in [-0.15, -0.1) is 0 Å². The number of halogens is 8. The zero-order chi connectivity index (χ0) is 34.1. The van der Waals surface area contributed by atoms with Crippen LogP contribution in [0, 0.1) is 17.6 Å². The molecule has 2 aliphatic rings. The number of pyridine rings is 2. The highest BCUT2D eigenvalue weighted by Gasteiger charge is 2.60. The van der Waals surface area contributed by atoms with E-state index in [9.17, 15) is 49.8 Å². The Morgan fingerprint density at radius 3 is 2.30 bits per heavy atom. The average molecular weight is 667 g/mol. The largest absolute Gasteiger partial charge is 0.489 e. The van der Waals surface area contributed by atoms with E-state index in [0.29, 0.717) is 31.2 Å². The summed E-state index contributed by atoms with van der Waals surface area (Å²) in [5.74, 6) is -4.62. The second-order valence-corrected chi connectivity index (χ2v) is 11.4. The van der Waals surface area contributed by atoms with Gasteiger partial charge in [-0.2, -0.15) is 26.3 Å². The van der Waals surface area contributed by atoms with Crippen molar-refractivity contribution in [3.63, 3.8) is 0 Å². The maximum absolute atomic E-state index is 14.7. The van der Waals surface area contributed by atoms with Crippen LogP contribution in [0.15, 0.2) is 54.7 Å². The van der Waals surface area contributed by atoms with Crippen LogP contribution in [0.3, 0.4) is 0 Å². The summed E-state index contributed by atoms with van der Waals surface area (Å²) in [5.41, 5.74) is -3.51. The van der Waals surface area contributed by atoms with E-state index in [1.54, 1.807) is 0 Å². The van der Waals surface area contributed by atoms with Crippen LogP contribution in [0.4, 0.5) is 35.1 Å². The molecule has 0 spiro atoms. The van der Waals surface area contributed by atoms with Gasteiger partial charge in [-0.05, 0) is 67.3 Å². The number of ether oxygens (including phenoxy) is 1. The Hall–Kier alpha value is -4.86. The molecule has 2 amide bonds. The van der Waals surface area contributed by atoms with E-state index in [1.807, 2.05) is 5.32 Å². The molecular weight excluding hydrogens is 644 g/mol. The van der Waals surface area contributed by atoms with Crippen LogP contribution < -0.4 is 15.8 Å². The summed E-state index contributed by atoms with van der Waals surface area (Å²) >= 11 is 0. The predicted octanol–water partition coefficient (Wildman–Crippen LogP) is 5.30. The molecule has 0 bridgehead atoms. The van der Waals surface area contributed by atoms with Gasteiger partial charge in [-0.25, -0.2) is 13.8 Å². The summed E-state index contributed by atoms with van der Waals surface area (Å²) in [6.07, 6.45) is -8.98. The molecule has 1 fully saturated rings. The SMILES string of the molecule is NC(=O)[C@]1(C2CC2)COc2c1cc([C@@](O)(CNC(=O)c1cc(F)c3ncc(C(F)(F)F)cc3c1)C(F)(F)F)nc2-c1ccc(F)cc1. The number of amides is 2. The van der Waals surface area contributed by atoms with Crippen LogP contribution in [-0.4, -0.2) is 46.2 Å². The number of nitrogens with zero attached hydrogens (tertiary/aromatic N) is 2. The van der Waals surface area contributed by atoms with E-state index < -0.39 is 81.1 Å². The van der Waals surface area contributed by atoms with Crippen molar-refractivity contribution >= 4 is 22.7 Å². The number of carbonyl (C=O) groups excluding carboxylic acids is 2. The van der Waals surface area contributed by atoms with Crippen molar-refractivity contribution < 1.29 is 54.6 Å². The Morgan fingerprint density at radius 2 is 1.70 bits per heavy atom. The molecular formula is C31H22F8N4O4. The summed E-state index contributed by atoms with van der Waals surface area (Å²) in [6.45, 7) is -1.92. The fourth-order valence-electron chi connectivity index (χ4n) is 5.75. The fourth-order valence-corrected chi connectivity index (χ4v) is 5.75.